The van der Waals surface area contributed by atoms with E-state index in [4.69, 9.17) is 0 Å². The van der Waals surface area contributed by atoms with Gasteiger partial charge in [0.25, 0.3) is 15.9 Å². The van der Waals surface area contributed by atoms with Gasteiger partial charge < -0.3 is 4.90 Å². The van der Waals surface area contributed by atoms with Crippen molar-refractivity contribution >= 4 is 21.6 Å². The Hall–Kier alpha value is -2.34. The molecule has 2 aromatic rings. The summed E-state index contributed by atoms with van der Waals surface area (Å²) in [6.07, 6.45) is 2.01. The molecule has 0 bridgehead atoms. The van der Waals surface area contributed by atoms with Crippen LogP contribution in [-0.2, 0) is 10.0 Å². The molecule has 1 saturated heterocycles. The third kappa shape index (κ3) is 4.50. The number of sulfonamides is 1. The first kappa shape index (κ1) is 19.4. The van der Waals surface area contributed by atoms with Crippen LogP contribution in [0.1, 0.15) is 41.3 Å². The molecule has 1 aliphatic heterocycles. The van der Waals surface area contributed by atoms with Gasteiger partial charge in [0.2, 0.25) is 0 Å². The number of hydrogen-bond donors (Lipinski definition) is 1. The van der Waals surface area contributed by atoms with Gasteiger partial charge in [-0.1, -0.05) is 30.7 Å². The number of amides is 1. The van der Waals surface area contributed by atoms with E-state index in [2.05, 4.69) is 11.6 Å². The van der Waals surface area contributed by atoms with Crippen LogP contribution < -0.4 is 4.72 Å². The van der Waals surface area contributed by atoms with Gasteiger partial charge in [0.05, 0.1) is 10.6 Å². The third-order valence-electron chi connectivity index (χ3n) is 5.13. The average Bonchev–Trinajstić information content (AvgIpc) is 2.64. The summed E-state index contributed by atoms with van der Waals surface area (Å²) < 4.78 is 28.0. The number of nitrogens with one attached hydrogen (secondary N) is 1. The minimum atomic E-state index is -3.70. The van der Waals surface area contributed by atoms with Crippen molar-refractivity contribution in [2.45, 2.75) is 38.5 Å². The highest BCUT2D eigenvalue weighted by atomic mass is 32.2. The number of likely N-dealkylation sites (tertiary alicyclic amines) is 1. The lowest BCUT2D eigenvalue weighted by Crippen LogP contribution is -2.37. The number of carbonyl (C=O) groups is 1. The molecule has 0 spiro atoms. The smallest absolute Gasteiger partial charge is 0.261 e. The van der Waals surface area contributed by atoms with E-state index in [9.17, 15) is 13.2 Å². The number of rotatable bonds is 4. The average molecular weight is 387 g/mol. The van der Waals surface area contributed by atoms with Crippen LogP contribution >= 0.6 is 0 Å². The van der Waals surface area contributed by atoms with Gasteiger partial charge in [-0.05, 0) is 62.4 Å². The molecule has 0 aromatic heterocycles. The van der Waals surface area contributed by atoms with Gasteiger partial charge in [0.15, 0.2) is 0 Å². The van der Waals surface area contributed by atoms with E-state index in [1.54, 1.807) is 42.5 Å². The molecule has 27 heavy (non-hydrogen) atoms. The van der Waals surface area contributed by atoms with Crippen LogP contribution in [0.15, 0.2) is 47.4 Å². The van der Waals surface area contributed by atoms with Crippen LogP contribution in [0.2, 0.25) is 0 Å². The van der Waals surface area contributed by atoms with Crippen molar-refractivity contribution in [1.82, 2.24) is 4.90 Å². The SMILES string of the molecule is Cc1ccc(S(=O)(=O)Nc2cc(C(=O)N3CCC(C)CC3)ccc2C)cc1. The molecule has 1 amide bonds. The number of anilines is 1. The molecule has 1 N–H and O–H groups in total. The van der Waals surface area contributed by atoms with Crippen LogP contribution in [0.3, 0.4) is 0 Å². The highest BCUT2D eigenvalue weighted by Gasteiger charge is 2.22. The lowest BCUT2D eigenvalue weighted by atomic mass is 9.98. The Labute approximate surface area is 161 Å². The molecule has 1 aliphatic rings. The van der Waals surface area contributed by atoms with Crippen LogP contribution in [0.5, 0.6) is 0 Å². The van der Waals surface area contributed by atoms with E-state index in [0.717, 1.165) is 37.1 Å². The number of hydrogen-bond acceptors (Lipinski definition) is 3. The monoisotopic (exact) mass is 386 g/mol. The van der Waals surface area contributed by atoms with Crippen molar-refractivity contribution in [3.05, 3.63) is 59.2 Å². The first-order chi connectivity index (χ1) is 12.8. The molecular formula is C21H26N2O3S. The Balaban J connectivity index is 1.83. The standard InChI is InChI=1S/C21H26N2O3S/c1-15-4-8-19(9-5-15)27(25,26)22-20-14-18(7-6-17(20)3)21(24)23-12-10-16(2)11-13-23/h4-9,14,16,22H,10-13H2,1-3H3. The summed E-state index contributed by atoms with van der Waals surface area (Å²) in [5, 5.41) is 0. The summed E-state index contributed by atoms with van der Waals surface area (Å²) in [6.45, 7) is 7.43. The van der Waals surface area contributed by atoms with Gasteiger partial charge in [0.1, 0.15) is 0 Å². The fraction of sp³-hybridized carbons (Fsp3) is 0.381. The van der Waals surface area contributed by atoms with E-state index in [-0.39, 0.29) is 10.8 Å². The maximum Gasteiger partial charge on any atom is 0.261 e. The Kier molecular flexibility index (Phi) is 5.56. The molecule has 2 aromatic carbocycles. The molecule has 0 unspecified atom stereocenters. The van der Waals surface area contributed by atoms with Crippen LogP contribution in [0.4, 0.5) is 5.69 Å². The summed E-state index contributed by atoms with van der Waals surface area (Å²) in [6, 6.07) is 11.9. The maximum absolute atomic E-state index is 12.8. The molecule has 144 valence electrons. The summed E-state index contributed by atoms with van der Waals surface area (Å²) in [5.74, 6) is 0.599. The third-order valence-corrected chi connectivity index (χ3v) is 6.51. The molecule has 3 rings (SSSR count). The number of nitrogens with zero attached hydrogens (tertiary/aromatic N) is 1. The molecule has 6 heteroatoms. The molecule has 0 saturated carbocycles. The molecule has 1 fully saturated rings. The first-order valence-corrected chi connectivity index (χ1v) is 10.7. The van der Waals surface area contributed by atoms with Gasteiger partial charge in [-0.15, -0.1) is 0 Å². The zero-order chi connectivity index (χ0) is 19.6. The maximum atomic E-state index is 12.8. The highest BCUT2D eigenvalue weighted by molar-refractivity contribution is 7.92. The van der Waals surface area contributed by atoms with Crippen molar-refractivity contribution < 1.29 is 13.2 Å². The van der Waals surface area contributed by atoms with Crippen molar-refractivity contribution in [1.29, 1.82) is 0 Å². The van der Waals surface area contributed by atoms with Gasteiger partial charge in [0, 0.05) is 18.7 Å². The second-order valence-corrected chi connectivity index (χ2v) is 9.11. The summed E-state index contributed by atoms with van der Waals surface area (Å²) >= 11 is 0. The van der Waals surface area contributed by atoms with Crippen molar-refractivity contribution in [2.75, 3.05) is 17.8 Å². The van der Waals surface area contributed by atoms with E-state index < -0.39 is 10.0 Å². The minimum absolute atomic E-state index is 0.0438. The molecule has 1 heterocycles. The van der Waals surface area contributed by atoms with Gasteiger partial charge in [-0.2, -0.15) is 0 Å². The Bertz CT molecular complexity index is 928. The van der Waals surface area contributed by atoms with E-state index >= 15 is 0 Å². The Morgan fingerprint density at radius 2 is 1.67 bits per heavy atom. The highest BCUT2D eigenvalue weighted by Crippen LogP contribution is 2.24. The molecule has 0 radical (unpaired) electrons. The van der Waals surface area contributed by atoms with E-state index in [1.807, 2.05) is 18.7 Å². The first-order valence-electron chi connectivity index (χ1n) is 9.26. The second-order valence-electron chi connectivity index (χ2n) is 7.42. The zero-order valence-corrected chi connectivity index (χ0v) is 16.8. The normalized spacial score (nSPS) is 15.6. The quantitative estimate of drug-likeness (QED) is 0.864. The number of benzene rings is 2. The summed E-state index contributed by atoms with van der Waals surface area (Å²) in [4.78, 5) is 14.8. The lowest BCUT2D eigenvalue weighted by Gasteiger charge is -2.30. The number of aryl methyl sites for hydroxylation is 2. The molecule has 0 aliphatic carbocycles. The minimum Gasteiger partial charge on any atom is -0.339 e. The van der Waals surface area contributed by atoms with Crippen molar-refractivity contribution in [3.63, 3.8) is 0 Å². The lowest BCUT2D eigenvalue weighted by molar-refractivity contribution is 0.0697. The van der Waals surface area contributed by atoms with E-state index in [0.29, 0.717) is 17.2 Å². The van der Waals surface area contributed by atoms with Gasteiger partial charge in [-0.25, -0.2) is 8.42 Å². The van der Waals surface area contributed by atoms with Crippen LogP contribution in [0, 0.1) is 19.8 Å². The summed E-state index contributed by atoms with van der Waals surface area (Å²) in [5.41, 5.74) is 2.71. The topological polar surface area (TPSA) is 66.5 Å². The summed E-state index contributed by atoms with van der Waals surface area (Å²) in [7, 11) is -3.70. The van der Waals surface area contributed by atoms with Crippen molar-refractivity contribution in [3.8, 4) is 0 Å². The zero-order valence-electron chi connectivity index (χ0n) is 16.0. The van der Waals surface area contributed by atoms with Crippen LogP contribution in [0.25, 0.3) is 0 Å². The van der Waals surface area contributed by atoms with Crippen molar-refractivity contribution in [2.24, 2.45) is 5.92 Å². The van der Waals surface area contributed by atoms with Gasteiger partial charge in [-0.3, -0.25) is 9.52 Å². The Morgan fingerprint density at radius 1 is 1.04 bits per heavy atom. The Morgan fingerprint density at radius 3 is 2.30 bits per heavy atom. The number of carbonyl (C=O) groups excluding carboxylic acids is 1. The fourth-order valence-electron chi connectivity index (χ4n) is 3.18. The molecular weight excluding hydrogens is 360 g/mol. The molecule has 0 atom stereocenters. The fourth-order valence-corrected chi connectivity index (χ4v) is 4.30. The van der Waals surface area contributed by atoms with Gasteiger partial charge >= 0.3 is 0 Å². The largest absolute Gasteiger partial charge is 0.339 e. The second kappa shape index (κ2) is 7.72. The predicted molar refractivity (Wildman–Crippen MR) is 107 cm³/mol. The predicted octanol–water partition coefficient (Wildman–Crippen LogP) is 3.98. The van der Waals surface area contributed by atoms with Crippen LogP contribution in [-0.4, -0.2) is 32.3 Å². The molecule has 5 nitrogen and oxygen atoms in total. The number of piperidine rings is 1. The van der Waals surface area contributed by atoms with E-state index in [1.165, 1.54) is 0 Å².